The third-order valence-electron chi connectivity index (χ3n) is 5.88. The molecule has 1 amide bonds. The minimum Gasteiger partial charge on any atom is -0.481 e. The molecule has 0 aromatic rings. The largest absolute Gasteiger partial charge is 0.481 e. The Bertz CT molecular complexity index is 499. The van der Waals surface area contributed by atoms with Crippen molar-refractivity contribution < 1.29 is 19.4 Å². The lowest BCUT2D eigenvalue weighted by Gasteiger charge is -2.41. The highest BCUT2D eigenvalue weighted by molar-refractivity contribution is 8.01. The van der Waals surface area contributed by atoms with Gasteiger partial charge in [0.1, 0.15) is 0 Å². The summed E-state index contributed by atoms with van der Waals surface area (Å²) in [6.07, 6.45) is 8.84. The molecule has 29 heavy (non-hydrogen) atoms. The van der Waals surface area contributed by atoms with Gasteiger partial charge in [-0.3, -0.25) is 9.59 Å². The quantitative estimate of drug-likeness (QED) is 0.347. The first-order chi connectivity index (χ1) is 13.8. The van der Waals surface area contributed by atoms with Gasteiger partial charge in [0.25, 0.3) is 0 Å². The topological polar surface area (TPSA) is 75.6 Å². The number of rotatable bonds is 15. The second-order valence-electron chi connectivity index (χ2n) is 8.93. The van der Waals surface area contributed by atoms with Crippen LogP contribution in [0, 0.1) is 11.8 Å². The van der Waals surface area contributed by atoms with Gasteiger partial charge in [0.15, 0.2) is 0 Å². The summed E-state index contributed by atoms with van der Waals surface area (Å²) in [6, 6.07) is 0. The molecule has 0 aromatic heterocycles. The van der Waals surface area contributed by atoms with Crippen LogP contribution in [0.4, 0.5) is 0 Å². The zero-order valence-electron chi connectivity index (χ0n) is 19.2. The van der Waals surface area contributed by atoms with E-state index in [1.54, 1.807) is 11.8 Å². The average Bonchev–Trinajstić information content (AvgIpc) is 3.05. The van der Waals surface area contributed by atoms with Crippen molar-refractivity contribution in [3.63, 3.8) is 0 Å². The average molecular weight is 430 g/mol. The highest BCUT2D eigenvalue weighted by atomic mass is 32.2. The molecule has 0 spiro atoms. The van der Waals surface area contributed by atoms with Crippen molar-refractivity contribution in [3.05, 3.63) is 0 Å². The van der Waals surface area contributed by atoms with Crippen LogP contribution < -0.4 is 5.32 Å². The van der Waals surface area contributed by atoms with E-state index in [1.807, 2.05) is 0 Å². The first kappa shape index (κ1) is 26.3. The number of unbranched alkanes of at least 4 members (excludes halogenated alkanes) is 2. The first-order valence-corrected chi connectivity index (χ1v) is 12.5. The molecule has 6 heteroatoms. The van der Waals surface area contributed by atoms with Crippen molar-refractivity contribution in [2.24, 2.45) is 11.8 Å². The maximum absolute atomic E-state index is 12.6. The molecule has 0 saturated carbocycles. The molecule has 0 aromatic carbocycles. The van der Waals surface area contributed by atoms with Gasteiger partial charge in [0.05, 0.1) is 17.3 Å². The number of carbonyl (C=O) groups is 2. The van der Waals surface area contributed by atoms with Gasteiger partial charge in [-0.2, -0.15) is 0 Å². The summed E-state index contributed by atoms with van der Waals surface area (Å²) in [5.74, 6) is 0.229. The van der Waals surface area contributed by atoms with Crippen molar-refractivity contribution in [3.8, 4) is 0 Å². The Labute approximate surface area is 182 Å². The van der Waals surface area contributed by atoms with Crippen molar-refractivity contribution in [1.29, 1.82) is 0 Å². The van der Waals surface area contributed by atoms with Gasteiger partial charge in [0.2, 0.25) is 5.91 Å². The number of carbonyl (C=O) groups excluding carboxylic acids is 1. The van der Waals surface area contributed by atoms with Crippen LogP contribution in [0.25, 0.3) is 0 Å². The Hall–Kier alpha value is -0.750. The number of ether oxygens (including phenoxy) is 1. The van der Waals surface area contributed by atoms with Crippen molar-refractivity contribution in [2.75, 3.05) is 13.2 Å². The van der Waals surface area contributed by atoms with Crippen LogP contribution in [0.5, 0.6) is 0 Å². The van der Waals surface area contributed by atoms with E-state index >= 15 is 0 Å². The van der Waals surface area contributed by atoms with E-state index in [9.17, 15) is 9.59 Å². The SMILES string of the molecule is CCCCC(CCCCC(C)C)(OCC)C1SC(C(=O)NCCC(=O)O)CC1C. The van der Waals surface area contributed by atoms with Crippen LogP contribution in [-0.2, 0) is 14.3 Å². The lowest BCUT2D eigenvalue weighted by Crippen LogP contribution is -2.45. The van der Waals surface area contributed by atoms with Gasteiger partial charge in [-0.05, 0) is 38.0 Å². The standard InChI is InChI=1S/C23H43NO4S/c1-6-8-13-23(28-7-2,14-10-9-11-17(3)4)21-18(5)16-19(29-21)22(27)24-15-12-20(25)26/h17-19,21H,6-16H2,1-5H3,(H,24,27)(H,25,26). The second-order valence-corrected chi connectivity index (χ2v) is 10.3. The summed E-state index contributed by atoms with van der Waals surface area (Å²) >= 11 is 1.76. The normalized spacial score (nSPS) is 23.9. The smallest absolute Gasteiger partial charge is 0.305 e. The third-order valence-corrected chi connectivity index (χ3v) is 7.80. The Balaban J connectivity index is 2.83. The van der Waals surface area contributed by atoms with Crippen molar-refractivity contribution in [1.82, 2.24) is 5.32 Å². The number of thioether (sulfide) groups is 1. The van der Waals surface area contributed by atoms with Gasteiger partial charge >= 0.3 is 5.97 Å². The van der Waals surface area contributed by atoms with Crippen molar-refractivity contribution in [2.45, 2.75) is 109 Å². The lowest BCUT2D eigenvalue weighted by molar-refractivity contribution is -0.136. The highest BCUT2D eigenvalue weighted by Gasteiger charge is 2.48. The molecule has 1 saturated heterocycles. The fourth-order valence-electron chi connectivity index (χ4n) is 4.42. The number of aliphatic carboxylic acids is 1. The van der Waals surface area contributed by atoms with Crippen molar-refractivity contribution >= 4 is 23.6 Å². The molecule has 0 aliphatic carbocycles. The van der Waals surface area contributed by atoms with E-state index in [0.29, 0.717) is 17.8 Å². The van der Waals surface area contributed by atoms with Crippen LogP contribution >= 0.6 is 11.8 Å². The van der Waals surface area contributed by atoms with E-state index < -0.39 is 5.97 Å². The summed E-state index contributed by atoms with van der Waals surface area (Å²) < 4.78 is 6.50. The summed E-state index contributed by atoms with van der Waals surface area (Å²) in [7, 11) is 0. The summed E-state index contributed by atoms with van der Waals surface area (Å²) in [5.41, 5.74) is -0.165. The predicted octanol–water partition coefficient (Wildman–Crippen LogP) is 5.27. The van der Waals surface area contributed by atoms with Crippen LogP contribution in [0.15, 0.2) is 0 Å². The Morgan fingerprint density at radius 3 is 2.48 bits per heavy atom. The molecule has 1 rings (SSSR count). The molecule has 0 bridgehead atoms. The zero-order valence-corrected chi connectivity index (χ0v) is 20.0. The molecular formula is C23H43NO4S. The summed E-state index contributed by atoms with van der Waals surface area (Å²) in [5, 5.41) is 11.8. The number of hydrogen-bond donors (Lipinski definition) is 2. The molecule has 2 N–H and O–H groups in total. The second kappa shape index (κ2) is 13.5. The fraction of sp³-hybridized carbons (Fsp3) is 0.913. The Kier molecular flexibility index (Phi) is 12.3. The Morgan fingerprint density at radius 1 is 1.21 bits per heavy atom. The zero-order chi connectivity index (χ0) is 21.9. The maximum atomic E-state index is 12.6. The van der Waals surface area contributed by atoms with Gasteiger partial charge in [-0.1, -0.05) is 59.8 Å². The van der Waals surface area contributed by atoms with Gasteiger partial charge in [0, 0.05) is 18.4 Å². The predicted molar refractivity (Wildman–Crippen MR) is 121 cm³/mol. The Morgan fingerprint density at radius 2 is 1.90 bits per heavy atom. The van der Waals surface area contributed by atoms with Crippen LogP contribution in [0.1, 0.15) is 92.4 Å². The molecule has 5 nitrogen and oxygen atoms in total. The molecule has 170 valence electrons. The van der Waals surface area contributed by atoms with Gasteiger partial charge in [-0.25, -0.2) is 0 Å². The number of amides is 1. The van der Waals surface area contributed by atoms with E-state index in [0.717, 1.165) is 38.0 Å². The third kappa shape index (κ3) is 8.87. The fourth-order valence-corrected chi connectivity index (χ4v) is 6.33. The lowest BCUT2D eigenvalue weighted by atomic mass is 9.80. The van der Waals surface area contributed by atoms with E-state index in [4.69, 9.17) is 9.84 Å². The number of carboxylic acid groups (broad SMARTS) is 1. The first-order valence-electron chi connectivity index (χ1n) is 11.5. The summed E-state index contributed by atoms with van der Waals surface area (Å²) in [4.78, 5) is 23.3. The molecule has 1 aliphatic heterocycles. The highest BCUT2D eigenvalue weighted by Crippen LogP contribution is 2.49. The summed E-state index contributed by atoms with van der Waals surface area (Å²) in [6.45, 7) is 12.0. The molecule has 0 radical (unpaired) electrons. The molecule has 4 unspecified atom stereocenters. The van der Waals surface area contributed by atoms with Gasteiger partial charge < -0.3 is 15.2 Å². The minimum atomic E-state index is -0.882. The van der Waals surface area contributed by atoms with Crippen LogP contribution in [0.3, 0.4) is 0 Å². The molecule has 1 aliphatic rings. The van der Waals surface area contributed by atoms with E-state index in [1.165, 1.54) is 19.3 Å². The molecule has 1 fully saturated rings. The van der Waals surface area contributed by atoms with E-state index in [2.05, 4.69) is 39.9 Å². The van der Waals surface area contributed by atoms with E-state index in [-0.39, 0.29) is 29.7 Å². The minimum absolute atomic E-state index is 0.0219. The number of nitrogens with one attached hydrogen (secondary N) is 1. The molecule has 1 heterocycles. The molecular weight excluding hydrogens is 386 g/mol. The van der Waals surface area contributed by atoms with Crippen LogP contribution in [0.2, 0.25) is 0 Å². The van der Waals surface area contributed by atoms with Gasteiger partial charge in [-0.15, -0.1) is 11.8 Å². The molecule has 4 atom stereocenters. The number of carboxylic acids is 1. The van der Waals surface area contributed by atoms with Crippen LogP contribution in [-0.4, -0.2) is 46.2 Å². The number of hydrogen-bond acceptors (Lipinski definition) is 4. The maximum Gasteiger partial charge on any atom is 0.305 e. The monoisotopic (exact) mass is 429 g/mol.